The van der Waals surface area contributed by atoms with Gasteiger partial charge in [-0.1, -0.05) is 81.9 Å². The molecule has 0 unspecified atom stereocenters. The van der Waals surface area contributed by atoms with Crippen LogP contribution in [0.15, 0.2) is 66.9 Å². The topological polar surface area (TPSA) is 3.24 Å². The molecule has 0 N–H and O–H groups in total. The molecule has 26 heavy (non-hydrogen) atoms. The van der Waals surface area contributed by atoms with E-state index in [1.807, 2.05) is 0 Å². The van der Waals surface area contributed by atoms with Gasteiger partial charge in [0.25, 0.3) is 0 Å². The summed E-state index contributed by atoms with van der Waals surface area (Å²) in [5.74, 6) is 0.780. The lowest BCUT2D eigenvalue weighted by atomic mass is 9.87. The quantitative estimate of drug-likeness (QED) is 0.603. The number of aryl methyl sites for hydroxylation is 2. The van der Waals surface area contributed by atoms with Crippen molar-refractivity contribution in [2.45, 2.75) is 46.5 Å². The van der Waals surface area contributed by atoms with Crippen molar-refractivity contribution < 1.29 is 0 Å². The molecule has 1 aliphatic rings. The van der Waals surface area contributed by atoms with Gasteiger partial charge < -0.3 is 4.90 Å². The van der Waals surface area contributed by atoms with Crippen molar-refractivity contribution in [3.63, 3.8) is 0 Å². The molecule has 138 valence electrons. The van der Waals surface area contributed by atoms with Gasteiger partial charge in [0.1, 0.15) is 0 Å². The predicted octanol–water partition coefficient (Wildman–Crippen LogP) is 5.90. The molecule has 2 aromatic rings. The Kier molecular flexibility index (Phi) is 5.86. The van der Waals surface area contributed by atoms with Crippen molar-refractivity contribution in [3.05, 3.63) is 83.6 Å². The molecule has 1 aliphatic heterocycles. The molecule has 0 radical (unpaired) electrons. The third-order valence-electron chi connectivity index (χ3n) is 5.23. The standard InChI is InChI=1S/C25H33N/c1-20(17-25(2,3)4)26-18-24(19-26)16-23-14-12-22(13-15-23)11-10-21-8-6-5-7-9-21/h5-9,12-15,24H,1,10-11,16-19H2,2-4H3. The second-order valence-electron chi connectivity index (χ2n) is 9.08. The first-order valence-electron chi connectivity index (χ1n) is 9.93. The van der Waals surface area contributed by atoms with Crippen LogP contribution in [0.4, 0.5) is 0 Å². The van der Waals surface area contributed by atoms with Crippen molar-refractivity contribution in [1.29, 1.82) is 0 Å². The first kappa shape index (κ1) is 18.8. The zero-order valence-corrected chi connectivity index (χ0v) is 16.7. The molecule has 0 amide bonds. The van der Waals surface area contributed by atoms with E-state index in [-0.39, 0.29) is 0 Å². The molecule has 2 aromatic carbocycles. The molecule has 1 heteroatoms. The fourth-order valence-electron chi connectivity index (χ4n) is 3.79. The van der Waals surface area contributed by atoms with Gasteiger partial charge in [-0.05, 0) is 53.7 Å². The third kappa shape index (κ3) is 5.49. The van der Waals surface area contributed by atoms with Crippen molar-refractivity contribution in [2.75, 3.05) is 13.1 Å². The van der Waals surface area contributed by atoms with E-state index in [1.165, 1.54) is 41.9 Å². The SMILES string of the molecule is C=C(CC(C)(C)C)N1CC(Cc2ccc(CCc3ccccc3)cc2)C1. The normalized spacial score (nSPS) is 15.0. The Balaban J connectivity index is 1.42. The highest BCUT2D eigenvalue weighted by molar-refractivity contribution is 5.25. The Morgan fingerprint density at radius 1 is 0.885 bits per heavy atom. The fraction of sp³-hybridized carbons (Fsp3) is 0.440. The molecule has 0 aliphatic carbocycles. The summed E-state index contributed by atoms with van der Waals surface area (Å²) in [6, 6.07) is 20.0. The maximum atomic E-state index is 4.29. The lowest BCUT2D eigenvalue weighted by Gasteiger charge is -2.43. The summed E-state index contributed by atoms with van der Waals surface area (Å²) in [5, 5.41) is 0. The summed E-state index contributed by atoms with van der Waals surface area (Å²) in [7, 11) is 0. The van der Waals surface area contributed by atoms with Crippen LogP contribution in [0.1, 0.15) is 43.9 Å². The van der Waals surface area contributed by atoms with E-state index in [1.54, 1.807) is 0 Å². The Morgan fingerprint density at radius 3 is 2.00 bits per heavy atom. The monoisotopic (exact) mass is 347 g/mol. The summed E-state index contributed by atoms with van der Waals surface area (Å²) in [6.07, 6.45) is 4.52. The highest BCUT2D eigenvalue weighted by atomic mass is 15.2. The van der Waals surface area contributed by atoms with Crippen LogP contribution in [-0.4, -0.2) is 18.0 Å². The van der Waals surface area contributed by atoms with Crippen molar-refractivity contribution in [1.82, 2.24) is 4.90 Å². The third-order valence-corrected chi connectivity index (χ3v) is 5.23. The summed E-state index contributed by atoms with van der Waals surface area (Å²) in [5.41, 5.74) is 5.97. The van der Waals surface area contributed by atoms with E-state index in [0.717, 1.165) is 25.2 Å². The number of allylic oxidation sites excluding steroid dienone is 1. The van der Waals surface area contributed by atoms with Gasteiger partial charge in [-0.2, -0.15) is 0 Å². The van der Waals surface area contributed by atoms with Gasteiger partial charge in [-0.15, -0.1) is 0 Å². The lowest BCUT2D eigenvalue weighted by Crippen LogP contribution is -2.47. The number of rotatable bonds is 7. The molecule has 0 bridgehead atoms. The Labute approximate surface area is 159 Å². The zero-order valence-electron chi connectivity index (χ0n) is 16.7. The first-order chi connectivity index (χ1) is 12.4. The van der Waals surface area contributed by atoms with Crippen LogP contribution in [0.25, 0.3) is 0 Å². The van der Waals surface area contributed by atoms with Crippen LogP contribution in [0, 0.1) is 11.3 Å². The van der Waals surface area contributed by atoms with Gasteiger partial charge in [0.05, 0.1) is 0 Å². The summed E-state index contributed by atoms with van der Waals surface area (Å²) >= 11 is 0. The minimum atomic E-state index is 0.331. The van der Waals surface area contributed by atoms with Crippen LogP contribution < -0.4 is 0 Å². The summed E-state index contributed by atoms with van der Waals surface area (Å²) in [4.78, 5) is 2.46. The lowest BCUT2D eigenvalue weighted by molar-refractivity contribution is 0.129. The Bertz CT molecular complexity index is 700. The van der Waals surface area contributed by atoms with E-state index in [0.29, 0.717) is 5.41 Å². The maximum absolute atomic E-state index is 4.29. The van der Waals surface area contributed by atoms with Gasteiger partial charge in [-0.25, -0.2) is 0 Å². The van der Waals surface area contributed by atoms with Gasteiger partial charge in [0.2, 0.25) is 0 Å². The molecule has 0 atom stereocenters. The molecule has 3 rings (SSSR count). The summed E-state index contributed by atoms with van der Waals surface area (Å²) in [6.45, 7) is 13.5. The largest absolute Gasteiger partial charge is 0.375 e. The van der Waals surface area contributed by atoms with Gasteiger partial charge in [0.15, 0.2) is 0 Å². The van der Waals surface area contributed by atoms with Crippen molar-refractivity contribution in [2.24, 2.45) is 11.3 Å². The van der Waals surface area contributed by atoms with Gasteiger partial charge in [0, 0.05) is 18.8 Å². The fourth-order valence-corrected chi connectivity index (χ4v) is 3.79. The van der Waals surface area contributed by atoms with Crippen LogP contribution in [0.2, 0.25) is 0 Å². The highest BCUT2D eigenvalue weighted by Crippen LogP contribution is 2.30. The molecule has 0 spiro atoms. The second-order valence-corrected chi connectivity index (χ2v) is 9.08. The molecule has 0 saturated carbocycles. The van der Waals surface area contributed by atoms with Crippen molar-refractivity contribution in [3.8, 4) is 0 Å². The average Bonchev–Trinajstić information content (AvgIpc) is 2.56. The van der Waals surface area contributed by atoms with Crippen molar-refractivity contribution >= 4 is 0 Å². The molecule has 1 saturated heterocycles. The van der Waals surface area contributed by atoms with Gasteiger partial charge in [-0.3, -0.25) is 0 Å². The van der Waals surface area contributed by atoms with E-state index in [9.17, 15) is 0 Å². The first-order valence-corrected chi connectivity index (χ1v) is 9.93. The van der Waals surface area contributed by atoms with E-state index in [4.69, 9.17) is 0 Å². The Hall–Kier alpha value is -2.02. The molecule has 1 nitrogen and oxygen atoms in total. The number of likely N-dealkylation sites (tertiary alicyclic amines) is 1. The minimum absolute atomic E-state index is 0.331. The number of benzene rings is 2. The summed E-state index contributed by atoms with van der Waals surface area (Å²) < 4.78 is 0. The Morgan fingerprint density at radius 2 is 1.42 bits per heavy atom. The molecule has 1 heterocycles. The highest BCUT2D eigenvalue weighted by Gasteiger charge is 2.29. The number of nitrogens with zero attached hydrogens (tertiary/aromatic N) is 1. The van der Waals surface area contributed by atoms with Gasteiger partial charge >= 0.3 is 0 Å². The van der Waals surface area contributed by atoms with Crippen LogP contribution in [0.3, 0.4) is 0 Å². The molecule has 0 aromatic heterocycles. The average molecular weight is 348 g/mol. The van der Waals surface area contributed by atoms with E-state index < -0.39 is 0 Å². The smallest absolute Gasteiger partial charge is 0.0223 e. The van der Waals surface area contributed by atoms with Crippen LogP contribution in [-0.2, 0) is 19.3 Å². The molecular weight excluding hydrogens is 314 g/mol. The van der Waals surface area contributed by atoms with Crippen LogP contribution >= 0.6 is 0 Å². The predicted molar refractivity (Wildman–Crippen MR) is 112 cm³/mol. The maximum Gasteiger partial charge on any atom is 0.0223 e. The molecular formula is C25H33N. The number of hydrogen-bond acceptors (Lipinski definition) is 1. The van der Waals surface area contributed by atoms with E-state index in [2.05, 4.69) is 86.8 Å². The second kappa shape index (κ2) is 8.12. The van der Waals surface area contributed by atoms with Crippen LogP contribution in [0.5, 0.6) is 0 Å². The zero-order chi connectivity index (χ0) is 18.6. The minimum Gasteiger partial charge on any atom is -0.375 e. The molecule has 1 fully saturated rings. The number of hydrogen-bond donors (Lipinski definition) is 0. The van der Waals surface area contributed by atoms with E-state index >= 15 is 0 Å².